The van der Waals surface area contributed by atoms with E-state index in [-0.39, 0.29) is 12.1 Å². The first-order valence-electron chi connectivity index (χ1n) is 8.32. The first-order chi connectivity index (χ1) is 13.0. The molecule has 3 aromatic rings. The molecule has 0 spiro atoms. The van der Waals surface area contributed by atoms with Crippen molar-refractivity contribution < 1.29 is 14.3 Å². The van der Waals surface area contributed by atoms with Gasteiger partial charge in [0, 0.05) is 5.52 Å². The number of carbonyl (C=O) groups excluding carboxylic acids is 2. The van der Waals surface area contributed by atoms with Crippen LogP contribution in [0.2, 0.25) is 0 Å². The van der Waals surface area contributed by atoms with Crippen molar-refractivity contribution in [3.8, 4) is 5.75 Å². The zero-order chi connectivity index (χ0) is 19.4. The number of amides is 2. The maximum absolute atomic E-state index is 12.3. The molecule has 0 aliphatic heterocycles. The molecule has 0 aliphatic rings. The van der Waals surface area contributed by atoms with E-state index >= 15 is 0 Å². The van der Waals surface area contributed by atoms with Crippen molar-refractivity contribution in [1.29, 1.82) is 0 Å². The van der Waals surface area contributed by atoms with E-state index in [0.29, 0.717) is 17.0 Å². The van der Waals surface area contributed by atoms with Gasteiger partial charge in [-0.2, -0.15) is 0 Å². The van der Waals surface area contributed by atoms with Crippen LogP contribution in [0.15, 0.2) is 53.3 Å². The monoisotopic (exact) mass is 365 g/mol. The van der Waals surface area contributed by atoms with Gasteiger partial charge in [-0.3, -0.25) is 14.4 Å². The summed E-state index contributed by atoms with van der Waals surface area (Å²) in [5.74, 6) is -0.524. The summed E-state index contributed by atoms with van der Waals surface area (Å²) in [4.78, 5) is 39.2. The summed E-state index contributed by atoms with van der Waals surface area (Å²) in [6.07, 6.45) is 0. The van der Waals surface area contributed by atoms with Crippen LogP contribution in [0.25, 0.3) is 10.9 Å². The molecule has 7 nitrogen and oxygen atoms in total. The van der Waals surface area contributed by atoms with Crippen molar-refractivity contribution in [2.75, 3.05) is 19.0 Å². The Morgan fingerprint density at radius 2 is 1.89 bits per heavy atom. The largest absolute Gasteiger partial charge is 0.495 e. The first kappa shape index (κ1) is 18.2. The molecule has 7 heteroatoms. The molecule has 0 bridgehead atoms. The van der Waals surface area contributed by atoms with Crippen LogP contribution in [0, 0.1) is 6.92 Å². The highest BCUT2D eigenvalue weighted by Gasteiger charge is 2.14. The number of H-pyrrole nitrogens is 1. The van der Waals surface area contributed by atoms with Crippen LogP contribution >= 0.6 is 0 Å². The van der Waals surface area contributed by atoms with Crippen molar-refractivity contribution in [1.82, 2.24) is 10.3 Å². The highest BCUT2D eigenvalue weighted by atomic mass is 16.5. The van der Waals surface area contributed by atoms with Gasteiger partial charge < -0.3 is 20.4 Å². The van der Waals surface area contributed by atoms with Gasteiger partial charge in [0.2, 0.25) is 5.91 Å². The van der Waals surface area contributed by atoms with Crippen LogP contribution < -0.4 is 20.9 Å². The number of hydrogen-bond acceptors (Lipinski definition) is 4. The predicted octanol–water partition coefficient (Wildman–Crippen LogP) is 2.21. The Balaban J connectivity index is 1.69. The van der Waals surface area contributed by atoms with E-state index in [1.165, 1.54) is 13.2 Å². The molecule has 3 N–H and O–H groups in total. The molecule has 0 saturated heterocycles. The normalized spacial score (nSPS) is 10.4. The van der Waals surface area contributed by atoms with Crippen molar-refractivity contribution in [2.45, 2.75) is 6.92 Å². The van der Waals surface area contributed by atoms with Gasteiger partial charge in [0.1, 0.15) is 11.3 Å². The number of nitrogens with one attached hydrogen (secondary N) is 3. The lowest BCUT2D eigenvalue weighted by molar-refractivity contribution is -0.115. The molecule has 0 radical (unpaired) electrons. The van der Waals surface area contributed by atoms with Crippen molar-refractivity contribution in [3.05, 3.63) is 70.0 Å². The average molecular weight is 365 g/mol. The molecule has 2 aromatic carbocycles. The fraction of sp³-hybridized carbons (Fsp3) is 0.150. The minimum absolute atomic E-state index is 0.0466. The second kappa shape index (κ2) is 7.74. The quantitative estimate of drug-likeness (QED) is 0.645. The smallest absolute Gasteiger partial charge is 0.261 e. The summed E-state index contributed by atoms with van der Waals surface area (Å²) in [5, 5.41) is 5.89. The summed E-state index contributed by atoms with van der Waals surface area (Å²) in [6, 6.07) is 14.0. The van der Waals surface area contributed by atoms with E-state index in [1.54, 1.807) is 30.3 Å². The van der Waals surface area contributed by atoms with E-state index in [9.17, 15) is 14.4 Å². The Hall–Kier alpha value is -3.61. The van der Waals surface area contributed by atoms with Crippen molar-refractivity contribution >= 4 is 28.4 Å². The van der Waals surface area contributed by atoms with Crippen LogP contribution in [0.1, 0.15) is 15.9 Å². The van der Waals surface area contributed by atoms with E-state index in [4.69, 9.17) is 4.74 Å². The molecule has 0 atom stereocenters. The molecule has 3 rings (SSSR count). The molecule has 1 aromatic heterocycles. The van der Waals surface area contributed by atoms with E-state index in [2.05, 4.69) is 15.6 Å². The van der Waals surface area contributed by atoms with Gasteiger partial charge in [-0.15, -0.1) is 0 Å². The van der Waals surface area contributed by atoms with Crippen LogP contribution in [-0.4, -0.2) is 30.5 Å². The molecule has 138 valence electrons. The maximum Gasteiger partial charge on any atom is 0.261 e. The van der Waals surface area contributed by atoms with Gasteiger partial charge in [-0.05, 0) is 42.1 Å². The second-order valence-electron chi connectivity index (χ2n) is 6.03. The molecule has 0 unspecified atom stereocenters. The van der Waals surface area contributed by atoms with E-state index in [0.717, 1.165) is 10.9 Å². The number of benzene rings is 2. The van der Waals surface area contributed by atoms with Crippen LogP contribution in [-0.2, 0) is 4.79 Å². The molecule has 0 fully saturated rings. The third-order valence-corrected chi connectivity index (χ3v) is 4.04. The number of ether oxygens (including phenoxy) is 1. The second-order valence-corrected chi connectivity index (χ2v) is 6.03. The highest BCUT2D eigenvalue weighted by Crippen LogP contribution is 2.24. The fourth-order valence-electron chi connectivity index (χ4n) is 2.69. The van der Waals surface area contributed by atoms with Crippen molar-refractivity contribution in [3.63, 3.8) is 0 Å². The van der Waals surface area contributed by atoms with Crippen LogP contribution in [0.4, 0.5) is 5.69 Å². The Bertz CT molecular complexity index is 1070. The lowest BCUT2D eigenvalue weighted by Crippen LogP contribution is -2.35. The molecule has 0 saturated carbocycles. The third-order valence-electron chi connectivity index (χ3n) is 4.04. The predicted molar refractivity (Wildman–Crippen MR) is 103 cm³/mol. The number of fused-ring (bicyclic) bond motifs is 1. The Labute approximate surface area is 155 Å². The Morgan fingerprint density at radius 1 is 1.11 bits per heavy atom. The number of aromatic amines is 1. The zero-order valence-corrected chi connectivity index (χ0v) is 15.0. The summed E-state index contributed by atoms with van der Waals surface area (Å²) in [5.41, 5.74) is 1.56. The molecule has 27 heavy (non-hydrogen) atoms. The molecular formula is C20H19N3O4. The van der Waals surface area contributed by atoms with Gasteiger partial charge in [-0.25, -0.2) is 0 Å². The maximum atomic E-state index is 12.3. The molecular weight excluding hydrogens is 346 g/mol. The number of rotatable bonds is 5. The number of methoxy groups -OCH3 is 1. The van der Waals surface area contributed by atoms with Crippen LogP contribution in [0.5, 0.6) is 5.75 Å². The summed E-state index contributed by atoms with van der Waals surface area (Å²) in [6.45, 7) is 1.62. The first-order valence-corrected chi connectivity index (χ1v) is 8.32. The van der Waals surface area contributed by atoms with E-state index < -0.39 is 17.4 Å². The molecule has 2 amide bonds. The number of pyridine rings is 1. The lowest BCUT2D eigenvalue weighted by Gasteiger charge is -2.11. The number of anilines is 1. The number of para-hydroxylation sites is 1. The number of aryl methyl sites for hydroxylation is 1. The molecule has 1 heterocycles. The number of hydrogen-bond donors (Lipinski definition) is 3. The van der Waals surface area contributed by atoms with Gasteiger partial charge in [0.05, 0.1) is 19.3 Å². The summed E-state index contributed by atoms with van der Waals surface area (Å²) < 4.78 is 5.21. The van der Waals surface area contributed by atoms with Crippen molar-refractivity contribution in [2.24, 2.45) is 0 Å². The topological polar surface area (TPSA) is 100 Å². The van der Waals surface area contributed by atoms with E-state index in [1.807, 2.05) is 19.1 Å². The van der Waals surface area contributed by atoms with Gasteiger partial charge in [0.25, 0.3) is 11.5 Å². The Kier molecular flexibility index (Phi) is 5.21. The lowest BCUT2D eigenvalue weighted by atomic mass is 10.1. The zero-order valence-electron chi connectivity index (χ0n) is 15.0. The highest BCUT2D eigenvalue weighted by molar-refractivity contribution is 6.01. The molecule has 0 aliphatic carbocycles. The van der Waals surface area contributed by atoms with Crippen LogP contribution in [0.3, 0.4) is 0 Å². The Morgan fingerprint density at radius 3 is 2.67 bits per heavy atom. The average Bonchev–Trinajstić information content (AvgIpc) is 2.65. The van der Waals surface area contributed by atoms with Gasteiger partial charge in [0.15, 0.2) is 0 Å². The van der Waals surface area contributed by atoms with Gasteiger partial charge >= 0.3 is 0 Å². The minimum Gasteiger partial charge on any atom is -0.495 e. The fourth-order valence-corrected chi connectivity index (χ4v) is 2.69. The van der Waals surface area contributed by atoms with Gasteiger partial charge in [-0.1, -0.05) is 24.3 Å². The standard InChI is InChI=1S/C20H19N3O4/c1-12-7-8-17(27-2)16(9-12)22-18(24)11-21-19(25)14-10-13-5-3-4-6-15(13)23-20(14)26/h3-10H,11H2,1-2H3,(H,21,25)(H,22,24)(H,23,26). The number of carbonyl (C=O) groups is 2. The summed E-state index contributed by atoms with van der Waals surface area (Å²) in [7, 11) is 1.51. The minimum atomic E-state index is -0.617. The third kappa shape index (κ3) is 4.14. The number of aromatic nitrogens is 1. The SMILES string of the molecule is COc1ccc(C)cc1NC(=O)CNC(=O)c1cc2ccccc2[nH]c1=O. The summed E-state index contributed by atoms with van der Waals surface area (Å²) >= 11 is 0.